The molecule has 2 aromatic rings. The number of methoxy groups -OCH3 is 1. The number of pyridine rings is 1. The van der Waals surface area contributed by atoms with Gasteiger partial charge in [-0.2, -0.15) is 0 Å². The number of aromatic nitrogens is 1. The molecule has 1 aromatic carbocycles. The Morgan fingerprint density at radius 1 is 1.24 bits per heavy atom. The second-order valence-electron chi connectivity index (χ2n) is 5.01. The van der Waals surface area contributed by atoms with Crippen molar-refractivity contribution >= 4 is 15.9 Å². The Morgan fingerprint density at radius 2 is 2.00 bits per heavy atom. The van der Waals surface area contributed by atoms with Gasteiger partial charge in [-0.05, 0) is 65.1 Å². The van der Waals surface area contributed by atoms with E-state index in [-0.39, 0.29) is 6.04 Å². The highest BCUT2D eigenvalue weighted by Gasteiger charge is 2.15. The van der Waals surface area contributed by atoms with Crippen LogP contribution in [0.25, 0.3) is 0 Å². The van der Waals surface area contributed by atoms with Crippen LogP contribution in [-0.4, -0.2) is 18.6 Å². The summed E-state index contributed by atoms with van der Waals surface area (Å²) in [7, 11) is 1.68. The second kappa shape index (κ2) is 7.57. The van der Waals surface area contributed by atoms with Crippen molar-refractivity contribution in [2.24, 2.45) is 0 Å². The number of halogens is 1. The van der Waals surface area contributed by atoms with Crippen LogP contribution < -0.4 is 10.1 Å². The first kappa shape index (κ1) is 16.0. The van der Waals surface area contributed by atoms with Crippen LogP contribution in [0, 0.1) is 6.92 Å². The van der Waals surface area contributed by atoms with Crippen molar-refractivity contribution in [3.8, 4) is 5.75 Å². The maximum absolute atomic E-state index is 5.30. The molecule has 0 aliphatic carbocycles. The molecule has 0 fully saturated rings. The van der Waals surface area contributed by atoms with Gasteiger partial charge in [0, 0.05) is 11.9 Å². The third-order valence-electron chi connectivity index (χ3n) is 3.38. The fourth-order valence-electron chi connectivity index (χ4n) is 2.23. The second-order valence-corrected chi connectivity index (χ2v) is 5.87. The van der Waals surface area contributed by atoms with Gasteiger partial charge < -0.3 is 10.1 Å². The molecule has 0 spiro atoms. The van der Waals surface area contributed by atoms with Crippen LogP contribution in [0.4, 0.5) is 0 Å². The molecule has 3 nitrogen and oxygen atoms in total. The Bertz CT molecular complexity index is 584. The largest absolute Gasteiger partial charge is 0.496 e. The fourth-order valence-corrected chi connectivity index (χ4v) is 2.79. The van der Waals surface area contributed by atoms with Gasteiger partial charge in [0.05, 0.1) is 17.6 Å². The van der Waals surface area contributed by atoms with E-state index >= 15 is 0 Å². The van der Waals surface area contributed by atoms with E-state index in [0.717, 1.165) is 28.9 Å². The lowest BCUT2D eigenvalue weighted by molar-refractivity contribution is 0.411. The van der Waals surface area contributed by atoms with E-state index in [9.17, 15) is 0 Å². The van der Waals surface area contributed by atoms with E-state index in [1.165, 1.54) is 11.1 Å². The molecule has 0 bridgehead atoms. The molecular weight excluding hydrogens is 328 g/mol. The molecule has 0 aliphatic heterocycles. The average Bonchev–Trinajstić information content (AvgIpc) is 2.49. The number of hydrogen-bond acceptors (Lipinski definition) is 3. The molecule has 1 unspecified atom stereocenters. The Morgan fingerprint density at radius 3 is 2.57 bits per heavy atom. The highest BCUT2D eigenvalue weighted by atomic mass is 79.9. The fraction of sp³-hybridized carbons (Fsp3) is 0.353. The number of nitrogens with zero attached hydrogens (tertiary/aromatic N) is 1. The minimum Gasteiger partial charge on any atom is -0.496 e. The average molecular weight is 349 g/mol. The monoisotopic (exact) mass is 348 g/mol. The van der Waals surface area contributed by atoms with E-state index in [0.29, 0.717) is 0 Å². The van der Waals surface area contributed by atoms with Gasteiger partial charge in [-0.1, -0.05) is 19.1 Å². The third kappa shape index (κ3) is 4.05. The van der Waals surface area contributed by atoms with Gasteiger partial charge in [0.15, 0.2) is 0 Å². The summed E-state index contributed by atoms with van der Waals surface area (Å²) >= 11 is 3.56. The molecule has 0 aliphatic rings. The number of hydrogen-bond donors (Lipinski definition) is 1. The zero-order valence-electron chi connectivity index (χ0n) is 12.7. The maximum atomic E-state index is 5.30. The summed E-state index contributed by atoms with van der Waals surface area (Å²) in [5, 5.41) is 3.58. The molecule has 1 aromatic heterocycles. The summed E-state index contributed by atoms with van der Waals surface area (Å²) in [6, 6.07) is 10.5. The van der Waals surface area contributed by atoms with Gasteiger partial charge >= 0.3 is 0 Å². The zero-order valence-corrected chi connectivity index (χ0v) is 14.3. The maximum Gasteiger partial charge on any atom is 0.133 e. The molecule has 0 saturated carbocycles. The van der Waals surface area contributed by atoms with Crippen LogP contribution in [0.1, 0.15) is 36.2 Å². The van der Waals surface area contributed by atoms with Gasteiger partial charge in [0.25, 0.3) is 0 Å². The SMILES string of the molecule is CCCNC(c1ccc(C)nc1)c1ccc(OC)c(Br)c1. The topological polar surface area (TPSA) is 34.2 Å². The Balaban J connectivity index is 2.35. The van der Waals surface area contributed by atoms with Crippen LogP contribution in [0.3, 0.4) is 0 Å². The van der Waals surface area contributed by atoms with Crippen molar-refractivity contribution in [2.75, 3.05) is 13.7 Å². The first-order chi connectivity index (χ1) is 10.2. The molecule has 1 N–H and O–H groups in total. The standard InChI is InChI=1S/C17H21BrN2O/c1-4-9-19-17(14-6-5-12(2)20-11-14)13-7-8-16(21-3)15(18)10-13/h5-8,10-11,17,19H,4,9H2,1-3H3. The highest BCUT2D eigenvalue weighted by Crippen LogP contribution is 2.30. The van der Waals surface area contributed by atoms with Crippen molar-refractivity contribution < 1.29 is 4.74 Å². The summed E-state index contributed by atoms with van der Waals surface area (Å²) in [6.07, 6.45) is 3.04. The minimum absolute atomic E-state index is 0.139. The van der Waals surface area contributed by atoms with Gasteiger partial charge in [-0.3, -0.25) is 4.98 Å². The van der Waals surface area contributed by atoms with E-state index in [1.807, 2.05) is 19.2 Å². The smallest absolute Gasteiger partial charge is 0.133 e. The molecule has 0 saturated heterocycles. The summed E-state index contributed by atoms with van der Waals surface area (Å²) in [4.78, 5) is 4.41. The van der Waals surface area contributed by atoms with E-state index in [2.05, 4.69) is 57.4 Å². The first-order valence-electron chi connectivity index (χ1n) is 7.15. The Hall–Kier alpha value is -1.39. The van der Waals surface area contributed by atoms with E-state index < -0.39 is 0 Å². The van der Waals surface area contributed by atoms with Crippen molar-refractivity contribution in [3.63, 3.8) is 0 Å². The highest BCUT2D eigenvalue weighted by molar-refractivity contribution is 9.10. The van der Waals surface area contributed by atoms with Crippen LogP contribution in [0.15, 0.2) is 41.0 Å². The summed E-state index contributed by atoms with van der Waals surface area (Å²) in [5.74, 6) is 0.843. The van der Waals surface area contributed by atoms with Crippen molar-refractivity contribution in [3.05, 3.63) is 57.8 Å². The summed E-state index contributed by atoms with van der Waals surface area (Å²) in [6.45, 7) is 5.13. The van der Waals surface area contributed by atoms with Crippen LogP contribution in [0.2, 0.25) is 0 Å². The van der Waals surface area contributed by atoms with Gasteiger partial charge in [-0.15, -0.1) is 0 Å². The third-order valence-corrected chi connectivity index (χ3v) is 3.99. The molecule has 112 valence electrons. The lowest BCUT2D eigenvalue weighted by Crippen LogP contribution is -2.23. The molecule has 1 heterocycles. The molecule has 0 amide bonds. The molecule has 21 heavy (non-hydrogen) atoms. The molecular formula is C17H21BrN2O. The van der Waals surface area contributed by atoms with Crippen molar-refractivity contribution in [1.82, 2.24) is 10.3 Å². The first-order valence-corrected chi connectivity index (χ1v) is 7.94. The van der Waals surface area contributed by atoms with E-state index in [4.69, 9.17) is 4.74 Å². The van der Waals surface area contributed by atoms with E-state index in [1.54, 1.807) is 7.11 Å². The van der Waals surface area contributed by atoms with Crippen LogP contribution >= 0.6 is 15.9 Å². The number of benzene rings is 1. The number of nitrogens with one attached hydrogen (secondary N) is 1. The number of ether oxygens (including phenoxy) is 1. The lowest BCUT2D eigenvalue weighted by atomic mass is 9.99. The van der Waals surface area contributed by atoms with Crippen molar-refractivity contribution in [2.45, 2.75) is 26.3 Å². The number of aryl methyl sites for hydroxylation is 1. The lowest BCUT2D eigenvalue weighted by Gasteiger charge is -2.20. The van der Waals surface area contributed by atoms with Crippen LogP contribution in [0.5, 0.6) is 5.75 Å². The Kier molecular flexibility index (Phi) is 5.76. The predicted molar refractivity (Wildman–Crippen MR) is 89.8 cm³/mol. The quantitative estimate of drug-likeness (QED) is 0.847. The Labute approximate surface area is 134 Å². The number of rotatable bonds is 6. The summed E-state index contributed by atoms with van der Waals surface area (Å²) < 4.78 is 6.27. The summed E-state index contributed by atoms with van der Waals surface area (Å²) in [5.41, 5.74) is 3.40. The minimum atomic E-state index is 0.139. The molecule has 4 heteroatoms. The normalized spacial score (nSPS) is 12.2. The molecule has 2 rings (SSSR count). The predicted octanol–water partition coefficient (Wildman–Crippen LogP) is 4.25. The van der Waals surface area contributed by atoms with Gasteiger partial charge in [0.1, 0.15) is 5.75 Å². The zero-order chi connectivity index (χ0) is 15.2. The van der Waals surface area contributed by atoms with Crippen LogP contribution in [-0.2, 0) is 0 Å². The van der Waals surface area contributed by atoms with Gasteiger partial charge in [0.2, 0.25) is 0 Å². The van der Waals surface area contributed by atoms with Crippen molar-refractivity contribution in [1.29, 1.82) is 0 Å². The molecule has 1 atom stereocenters. The molecule has 0 radical (unpaired) electrons. The van der Waals surface area contributed by atoms with Gasteiger partial charge in [-0.25, -0.2) is 0 Å².